The van der Waals surface area contributed by atoms with E-state index in [-0.39, 0.29) is 5.91 Å². The van der Waals surface area contributed by atoms with E-state index in [4.69, 9.17) is 16.5 Å². The Balaban J connectivity index is 1.80. The molecule has 3 rings (SSSR count). The van der Waals surface area contributed by atoms with E-state index in [2.05, 4.69) is 4.90 Å². The van der Waals surface area contributed by atoms with Gasteiger partial charge in [0.25, 0.3) is 0 Å². The van der Waals surface area contributed by atoms with Crippen LogP contribution >= 0.6 is 0 Å². The van der Waals surface area contributed by atoms with Crippen molar-refractivity contribution < 1.29 is 4.79 Å². The number of primary amides is 1. The molecule has 4 N–H and O–H groups in total. The summed E-state index contributed by atoms with van der Waals surface area (Å²) < 4.78 is 2.05. The summed E-state index contributed by atoms with van der Waals surface area (Å²) in [7, 11) is 0. The van der Waals surface area contributed by atoms with Gasteiger partial charge in [0.05, 0.1) is 5.69 Å². The molecule has 0 radical (unpaired) electrons. The van der Waals surface area contributed by atoms with Crippen molar-refractivity contribution in [2.75, 3.05) is 18.0 Å². The van der Waals surface area contributed by atoms with Crippen molar-refractivity contribution >= 4 is 17.4 Å². The zero-order chi connectivity index (χ0) is 14.8. The number of carbonyl (C=O) groups is 1. The molecule has 21 heavy (non-hydrogen) atoms. The molecule has 1 saturated heterocycles. The predicted octanol–water partition coefficient (Wildman–Crippen LogP) is 0.885. The molecule has 1 aliphatic heterocycles. The van der Waals surface area contributed by atoms with Crippen molar-refractivity contribution in [2.24, 2.45) is 17.4 Å². The van der Waals surface area contributed by atoms with Crippen LogP contribution in [0.3, 0.4) is 0 Å². The summed E-state index contributed by atoms with van der Waals surface area (Å²) in [4.78, 5) is 18.0. The smallest absolute Gasteiger partial charge is 0.217 e. The van der Waals surface area contributed by atoms with Gasteiger partial charge in [0.1, 0.15) is 5.65 Å². The molecule has 0 atom stereocenters. The van der Waals surface area contributed by atoms with Crippen molar-refractivity contribution in [1.29, 1.82) is 0 Å². The summed E-state index contributed by atoms with van der Waals surface area (Å²) in [5, 5.41) is 0. The van der Waals surface area contributed by atoms with Crippen LogP contribution in [0.4, 0.5) is 5.82 Å². The second-order valence-electron chi connectivity index (χ2n) is 5.62. The first-order chi connectivity index (χ1) is 10.2. The van der Waals surface area contributed by atoms with Gasteiger partial charge in [-0.3, -0.25) is 4.79 Å². The minimum absolute atomic E-state index is 0.205. The normalized spacial score (nSPS) is 16.5. The number of carbonyl (C=O) groups excluding carboxylic acids is 1. The van der Waals surface area contributed by atoms with Crippen molar-refractivity contribution in [2.45, 2.75) is 25.8 Å². The predicted molar refractivity (Wildman–Crippen MR) is 81.8 cm³/mol. The van der Waals surface area contributed by atoms with Crippen LogP contribution in [0.15, 0.2) is 24.4 Å². The fourth-order valence-corrected chi connectivity index (χ4v) is 3.11. The van der Waals surface area contributed by atoms with Crippen LogP contribution in [0.5, 0.6) is 0 Å². The minimum Gasteiger partial charge on any atom is -0.370 e. The molecule has 2 aromatic heterocycles. The van der Waals surface area contributed by atoms with Crippen molar-refractivity contribution in [3.8, 4) is 0 Å². The number of aromatic nitrogens is 2. The van der Waals surface area contributed by atoms with Crippen molar-refractivity contribution in [3.63, 3.8) is 0 Å². The molecular weight excluding hydrogens is 266 g/mol. The lowest BCUT2D eigenvalue weighted by Crippen LogP contribution is -2.36. The van der Waals surface area contributed by atoms with E-state index in [0.717, 1.165) is 43.1 Å². The number of amides is 1. The third-order valence-electron chi connectivity index (χ3n) is 4.20. The van der Waals surface area contributed by atoms with Crippen LogP contribution in [-0.4, -0.2) is 28.4 Å². The fraction of sp³-hybridized carbons (Fsp3) is 0.467. The molecule has 6 heteroatoms. The maximum Gasteiger partial charge on any atom is 0.217 e. The van der Waals surface area contributed by atoms with Gasteiger partial charge in [0.15, 0.2) is 5.82 Å². The topological polar surface area (TPSA) is 89.6 Å². The molecule has 1 fully saturated rings. The number of anilines is 1. The average molecular weight is 287 g/mol. The molecule has 0 aromatic carbocycles. The highest BCUT2D eigenvalue weighted by atomic mass is 16.1. The van der Waals surface area contributed by atoms with Gasteiger partial charge in [-0.15, -0.1) is 0 Å². The first-order valence-electron chi connectivity index (χ1n) is 7.38. The van der Waals surface area contributed by atoms with Crippen molar-refractivity contribution in [3.05, 3.63) is 30.1 Å². The van der Waals surface area contributed by atoms with E-state index in [1.165, 1.54) is 0 Å². The molecule has 112 valence electrons. The van der Waals surface area contributed by atoms with Gasteiger partial charge in [-0.05, 0) is 30.9 Å². The Morgan fingerprint density at radius 1 is 1.33 bits per heavy atom. The maximum atomic E-state index is 11.0. The number of pyridine rings is 1. The molecule has 6 nitrogen and oxygen atoms in total. The minimum atomic E-state index is -0.205. The van der Waals surface area contributed by atoms with Crippen LogP contribution in [0.2, 0.25) is 0 Å². The van der Waals surface area contributed by atoms with Gasteiger partial charge in [0.2, 0.25) is 5.91 Å². The van der Waals surface area contributed by atoms with E-state index in [0.29, 0.717) is 18.9 Å². The van der Waals surface area contributed by atoms with E-state index in [9.17, 15) is 4.79 Å². The molecule has 0 saturated carbocycles. The Morgan fingerprint density at radius 3 is 2.76 bits per heavy atom. The Morgan fingerprint density at radius 2 is 2.10 bits per heavy atom. The maximum absolute atomic E-state index is 11.0. The highest BCUT2D eigenvalue weighted by molar-refractivity contribution is 5.74. The fourth-order valence-electron chi connectivity index (χ4n) is 3.11. The Kier molecular flexibility index (Phi) is 3.79. The quantitative estimate of drug-likeness (QED) is 0.873. The van der Waals surface area contributed by atoms with Gasteiger partial charge < -0.3 is 20.8 Å². The monoisotopic (exact) mass is 287 g/mol. The number of rotatable bonds is 4. The SMILES string of the molecule is NCc1c(N2CCC(CC(N)=O)CC2)nc2ccccn12. The molecule has 0 bridgehead atoms. The zero-order valence-electron chi connectivity index (χ0n) is 12.0. The molecule has 3 heterocycles. The third-order valence-corrected chi connectivity index (χ3v) is 4.20. The summed E-state index contributed by atoms with van der Waals surface area (Å²) in [5.41, 5.74) is 13.2. The molecule has 1 amide bonds. The van der Waals surface area contributed by atoms with Crippen LogP contribution in [0.25, 0.3) is 5.65 Å². The number of hydrogen-bond donors (Lipinski definition) is 2. The number of nitrogens with two attached hydrogens (primary N) is 2. The van der Waals surface area contributed by atoms with Gasteiger partial charge in [-0.25, -0.2) is 4.98 Å². The summed E-state index contributed by atoms with van der Waals surface area (Å²) in [5.74, 6) is 1.17. The largest absolute Gasteiger partial charge is 0.370 e. The van der Waals surface area contributed by atoms with Crippen LogP contribution in [0.1, 0.15) is 25.0 Å². The number of imidazole rings is 1. The van der Waals surface area contributed by atoms with Gasteiger partial charge in [-0.2, -0.15) is 0 Å². The second kappa shape index (κ2) is 5.73. The van der Waals surface area contributed by atoms with Crippen LogP contribution in [0, 0.1) is 5.92 Å². The van der Waals surface area contributed by atoms with Gasteiger partial charge in [-0.1, -0.05) is 6.07 Å². The van der Waals surface area contributed by atoms with Gasteiger partial charge in [0, 0.05) is 32.3 Å². The lowest BCUT2D eigenvalue weighted by atomic mass is 9.93. The number of fused-ring (bicyclic) bond motifs is 1. The summed E-state index contributed by atoms with van der Waals surface area (Å²) in [6.45, 7) is 2.26. The lowest BCUT2D eigenvalue weighted by molar-refractivity contribution is -0.119. The Bertz CT molecular complexity index is 643. The molecule has 0 spiro atoms. The van der Waals surface area contributed by atoms with Gasteiger partial charge >= 0.3 is 0 Å². The molecule has 1 aliphatic rings. The molecular formula is C15H21N5O. The number of piperidine rings is 1. The van der Waals surface area contributed by atoms with E-state index in [1.807, 2.05) is 28.8 Å². The second-order valence-corrected chi connectivity index (χ2v) is 5.62. The number of hydrogen-bond acceptors (Lipinski definition) is 4. The summed E-state index contributed by atoms with van der Waals surface area (Å²) >= 11 is 0. The van der Waals surface area contributed by atoms with Crippen molar-refractivity contribution in [1.82, 2.24) is 9.38 Å². The highest BCUT2D eigenvalue weighted by Gasteiger charge is 2.24. The first-order valence-corrected chi connectivity index (χ1v) is 7.38. The van der Waals surface area contributed by atoms with E-state index < -0.39 is 0 Å². The Labute approximate surface area is 123 Å². The highest BCUT2D eigenvalue weighted by Crippen LogP contribution is 2.27. The van der Waals surface area contributed by atoms with E-state index >= 15 is 0 Å². The third kappa shape index (κ3) is 2.71. The summed E-state index contributed by atoms with van der Waals surface area (Å²) in [6.07, 6.45) is 4.43. The van der Waals surface area contributed by atoms with E-state index in [1.54, 1.807) is 0 Å². The molecule has 0 unspecified atom stereocenters. The Hall–Kier alpha value is -2.08. The average Bonchev–Trinajstić information content (AvgIpc) is 2.86. The first kappa shape index (κ1) is 13.9. The van der Waals surface area contributed by atoms with Crippen LogP contribution < -0.4 is 16.4 Å². The zero-order valence-corrected chi connectivity index (χ0v) is 12.0. The summed E-state index contributed by atoms with van der Waals surface area (Å²) in [6, 6.07) is 5.95. The molecule has 0 aliphatic carbocycles. The van der Waals surface area contributed by atoms with Crippen LogP contribution in [-0.2, 0) is 11.3 Å². The number of nitrogens with zero attached hydrogens (tertiary/aromatic N) is 3. The lowest BCUT2D eigenvalue weighted by Gasteiger charge is -2.32. The standard InChI is InChI=1S/C15H21N5O/c16-10-12-15(18-14-3-1-2-6-20(12)14)19-7-4-11(5-8-19)9-13(17)21/h1-3,6,11H,4-5,7-10,16H2,(H2,17,21). The molecule has 2 aromatic rings.